The number of pyridine rings is 1. The molecule has 0 saturated carbocycles. The number of ketones is 1. The van der Waals surface area contributed by atoms with E-state index in [1.807, 2.05) is 48.7 Å². The average Bonchev–Trinajstić information content (AvgIpc) is 3.29. The Hall–Kier alpha value is -3.64. The minimum Gasteiger partial charge on any atom is -0.369 e. The van der Waals surface area contributed by atoms with Gasteiger partial charge in [0, 0.05) is 78.9 Å². The number of Topliss-reactive ketones (excluding diaryl/α,β-unsaturated/α-hetero) is 1. The second-order valence-corrected chi connectivity index (χ2v) is 8.53. The third-order valence-electron chi connectivity index (χ3n) is 6.46. The maximum atomic E-state index is 12.7. The molecule has 0 radical (unpaired) electrons. The number of rotatable bonds is 7. The number of H-pyrrole nitrogens is 1. The van der Waals surface area contributed by atoms with E-state index in [4.69, 9.17) is 0 Å². The highest BCUT2D eigenvalue weighted by Crippen LogP contribution is 2.21. The molecule has 2 aromatic carbocycles. The molecular weight excluding hydrogens is 412 g/mol. The molecule has 1 aliphatic heterocycles. The zero-order valence-corrected chi connectivity index (χ0v) is 18.6. The van der Waals surface area contributed by atoms with Crippen LogP contribution in [0.15, 0.2) is 83.9 Å². The molecule has 6 nitrogen and oxygen atoms in total. The SMILES string of the molecule is O=C(CCCN1CCN(c2ccc(-n3ccccc3=O)cc2)CC1)c1c[nH]c2ccccc12. The molecule has 5 rings (SSSR count). The highest BCUT2D eigenvalue weighted by atomic mass is 16.1. The topological polar surface area (TPSA) is 61.3 Å². The van der Waals surface area contributed by atoms with Crippen LogP contribution in [0.1, 0.15) is 23.2 Å². The summed E-state index contributed by atoms with van der Waals surface area (Å²) >= 11 is 0. The summed E-state index contributed by atoms with van der Waals surface area (Å²) in [7, 11) is 0. The molecule has 0 aliphatic carbocycles. The van der Waals surface area contributed by atoms with Gasteiger partial charge in [-0.2, -0.15) is 0 Å². The lowest BCUT2D eigenvalue weighted by molar-refractivity contribution is 0.0976. The Morgan fingerprint density at radius 1 is 0.848 bits per heavy atom. The number of benzene rings is 2. The normalized spacial score (nSPS) is 14.6. The lowest BCUT2D eigenvalue weighted by Gasteiger charge is -2.36. The van der Waals surface area contributed by atoms with E-state index >= 15 is 0 Å². The minimum atomic E-state index is -0.0259. The lowest BCUT2D eigenvalue weighted by atomic mass is 10.1. The maximum Gasteiger partial charge on any atom is 0.255 e. The van der Waals surface area contributed by atoms with Gasteiger partial charge in [-0.3, -0.25) is 19.1 Å². The van der Waals surface area contributed by atoms with E-state index < -0.39 is 0 Å². The van der Waals surface area contributed by atoms with Gasteiger partial charge in [0.15, 0.2) is 5.78 Å². The zero-order valence-electron chi connectivity index (χ0n) is 18.6. The summed E-state index contributed by atoms with van der Waals surface area (Å²) in [5, 5.41) is 1.01. The van der Waals surface area contributed by atoms with Gasteiger partial charge in [0.1, 0.15) is 0 Å². The molecule has 168 valence electrons. The van der Waals surface area contributed by atoms with Crippen LogP contribution in [0.3, 0.4) is 0 Å². The van der Waals surface area contributed by atoms with Gasteiger partial charge >= 0.3 is 0 Å². The molecular formula is C27H28N4O2. The quantitative estimate of drug-likeness (QED) is 0.440. The number of piperazine rings is 1. The van der Waals surface area contributed by atoms with Crippen molar-refractivity contribution in [1.29, 1.82) is 0 Å². The molecule has 2 aromatic heterocycles. The number of carbonyl (C=O) groups is 1. The highest BCUT2D eigenvalue weighted by Gasteiger charge is 2.18. The van der Waals surface area contributed by atoms with Crippen molar-refractivity contribution in [3.05, 3.63) is 95.0 Å². The van der Waals surface area contributed by atoms with Crippen molar-refractivity contribution >= 4 is 22.4 Å². The van der Waals surface area contributed by atoms with Gasteiger partial charge < -0.3 is 9.88 Å². The summed E-state index contributed by atoms with van der Waals surface area (Å²) in [4.78, 5) is 32.7. The standard InChI is InChI=1S/C27H28N4O2/c32-26(24-20-28-25-7-2-1-6-23(24)25)8-5-14-29-16-18-30(19-17-29)21-10-12-22(13-11-21)31-15-4-3-9-27(31)33/h1-4,6-7,9-13,15,20,28H,5,8,14,16-19H2. The van der Waals surface area contributed by atoms with Gasteiger partial charge in [-0.1, -0.05) is 24.3 Å². The molecule has 0 atom stereocenters. The van der Waals surface area contributed by atoms with Crippen LogP contribution < -0.4 is 10.5 Å². The summed E-state index contributed by atoms with van der Waals surface area (Å²) in [5.74, 6) is 0.212. The summed E-state index contributed by atoms with van der Waals surface area (Å²) in [6.45, 7) is 4.84. The number of para-hydroxylation sites is 1. The number of fused-ring (bicyclic) bond motifs is 1. The Morgan fingerprint density at radius 3 is 2.36 bits per heavy atom. The second kappa shape index (κ2) is 9.46. The molecule has 1 fully saturated rings. The van der Waals surface area contributed by atoms with Crippen LogP contribution in [-0.2, 0) is 0 Å². The summed E-state index contributed by atoms with van der Waals surface area (Å²) in [6, 6.07) is 21.3. The van der Waals surface area contributed by atoms with Gasteiger partial charge in [-0.25, -0.2) is 0 Å². The molecule has 0 bridgehead atoms. The van der Waals surface area contributed by atoms with E-state index in [-0.39, 0.29) is 11.3 Å². The number of aromatic amines is 1. The summed E-state index contributed by atoms with van der Waals surface area (Å²) < 4.78 is 1.65. The Balaban J connectivity index is 1.11. The van der Waals surface area contributed by atoms with Crippen LogP contribution in [0.5, 0.6) is 0 Å². The first kappa shape index (κ1) is 21.2. The Kier molecular flexibility index (Phi) is 6.09. The minimum absolute atomic E-state index is 0.0259. The van der Waals surface area contributed by atoms with Crippen LogP contribution in [0.2, 0.25) is 0 Å². The van der Waals surface area contributed by atoms with Gasteiger partial charge in [0.25, 0.3) is 5.56 Å². The van der Waals surface area contributed by atoms with Crippen molar-refractivity contribution in [3.8, 4) is 5.69 Å². The Labute approximate surface area is 193 Å². The zero-order chi connectivity index (χ0) is 22.6. The molecule has 4 aromatic rings. The number of aromatic nitrogens is 2. The van der Waals surface area contributed by atoms with Gasteiger partial charge in [-0.15, -0.1) is 0 Å². The third-order valence-corrected chi connectivity index (χ3v) is 6.46. The fourth-order valence-electron chi connectivity index (χ4n) is 4.59. The fourth-order valence-corrected chi connectivity index (χ4v) is 4.59. The van der Waals surface area contributed by atoms with Crippen LogP contribution in [0.4, 0.5) is 5.69 Å². The van der Waals surface area contributed by atoms with Crippen molar-refractivity contribution in [1.82, 2.24) is 14.5 Å². The largest absolute Gasteiger partial charge is 0.369 e. The number of anilines is 1. The molecule has 0 unspecified atom stereocenters. The molecule has 1 saturated heterocycles. The smallest absolute Gasteiger partial charge is 0.255 e. The Morgan fingerprint density at radius 2 is 1.58 bits per heavy atom. The van der Waals surface area contributed by atoms with Crippen molar-refractivity contribution in [2.75, 3.05) is 37.6 Å². The van der Waals surface area contributed by atoms with E-state index in [0.29, 0.717) is 6.42 Å². The molecule has 6 heteroatoms. The van der Waals surface area contributed by atoms with Crippen molar-refractivity contribution in [3.63, 3.8) is 0 Å². The monoisotopic (exact) mass is 440 g/mol. The second-order valence-electron chi connectivity index (χ2n) is 8.53. The number of hydrogen-bond donors (Lipinski definition) is 1. The lowest BCUT2D eigenvalue weighted by Crippen LogP contribution is -2.46. The fraction of sp³-hybridized carbons (Fsp3) is 0.259. The highest BCUT2D eigenvalue weighted by molar-refractivity contribution is 6.07. The van der Waals surface area contributed by atoms with Gasteiger partial charge in [0.2, 0.25) is 0 Å². The number of nitrogens with one attached hydrogen (secondary N) is 1. The first-order valence-corrected chi connectivity index (χ1v) is 11.5. The number of carbonyl (C=O) groups excluding carboxylic acids is 1. The van der Waals surface area contributed by atoms with Gasteiger partial charge in [0.05, 0.1) is 0 Å². The molecule has 33 heavy (non-hydrogen) atoms. The predicted molar refractivity (Wildman–Crippen MR) is 133 cm³/mol. The van der Waals surface area contributed by atoms with Crippen molar-refractivity contribution < 1.29 is 4.79 Å². The Bertz CT molecular complexity index is 1300. The van der Waals surface area contributed by atoms with Crippen LogP contribution >= 0.6 is 0 Å². The first-order chi connectivity index (χ1) is 16.2. The van der Waals surface area contributed by atoms with Crippen LogP contribution in [0, 0.1) is 0 Å². The van der Waals surface area contributed by atoms with E-state index in [1.165, 1.54) is 5.69 Å². The van der Waals surface area contributed by atoms with Gasteiger partial charge in [-0.05, 0) is 49.4 Å². The van der Waals surface area contributed by atoms with E-state index in [1.54, 1.807) is 22.9 Å². The van der Waals surface area contributed by atoms with E-state index in [0.717, 1.165) is 61.3 Å². The molecule has 0 spiro atoms. The van der Waals surface area contributed by atoms with Crippen molar-refractivity contribution in [2.24, 2.45) is 0 Å². The van der Waals surface area contributed by atoms with E-state index in [2.05, 4.69) is 26.9 Å². The molecule has 0 amide bonds. The first-order valence-electron chi connectivity index (χ1n) is 11.5. The molecule has 1 aliphatic rings. The third kappa shape index (κ3) is 4.61. The van der Waals surface area contributed by atoms with Crippen LogP contribution in [0.25, 0.3) is 16.6 Å². The average molecular weight is 441 g/mol. The predicted octanol–water partition coefficient (Wildman–Crippen LogP) is 4.10. The van der Waals surface area contributed by atoms with Crippen LogP contribution in [-0.4, -0.2) is 53.0 Å². The van der Waals surface area contributed by atoms with E-state index in [9.17, 15) is 9.59 Å². The molecule has 3 heterocycles. The summed E-state index contributed by atoms with van der Waals surface area (Å²) in [6.07, 6.45) is 5.08. The van der Waals surface area contributed by atoms with Crippen molar-refractivity contribution in [2.45, 2.75) is 12.8 Å². The number of nitrogens with zero attached hydrogens (tertiary/aromatic N) is 3. The number of hydrogen-bond acceptors (Lipinski definition) is 4. The molecule has 1 N–H and O–H groups in total. The summed E-state index contributed by atoms with van der Waals surface area (Å²) in [5.41, 5.74) is 3.85. The maximum absolute atomic E-state index is 12.7.